The standard InChI is InChI=1S/C26H28FN3O5/c1-15-19-10-20-22(35-25(24(20)26(32)28-2)16-4-6-17(27)7-5-16)11-21(19)29(3)12-18(34-15)13-30-8-9-33-14-23(30)31/h4-7,10-11,15,18H,8-9,12-14H2,1-3H3,(H,28,32)/t15-,18-/m0/s1. The van der Waals surface area contributed by atoms with E-state index < -0.39 is 0 Å². The van der Waals surface area contributed by atoms with Gasteiger partial charge in [-0.1, -0.05) is 0 Å². The highest BCUT2D eigenvalue weighted by molar-refractivity contribution is 6.11. The molecular weight excluding hydrogens is 453 g/mol. The minimum absolute atomic E-state index is 0.0297. The van der Waals surface area contributed by atoms with Gasteiger partial charge in [0, 0.05) is 62.0 Å². The first-order chi connectivity index (χ1) is 16.9. The maximum Gasteiger partial charge on any atom is 0.255 e. The smallest absolute Gasteiger partial charge is 0.255 e. The summed E-state index contributed by atoms with van der Waals surface area (Å²) in [6.45, 7) is 4.23. The maximum atomic E-state index is 13.5. The van der Waals surface area contributed by atoms with Gasteiger partial charge >= 0.3 is 0 Å². The first-order valence-electron chi connectivity index (χ1n) is 11.7. The fourth-order valence-electron chi connectivity index (χ4n) is 4.86. The van der Waals surface area contributed by atoms with E-state index >= 15 is 0 Å². The number of amides is 2. The SMILES string of the molecule is CNC(=O)c1c(-c2ccc(F)cc2)oc2cc3c(cc12)[C@H](C)O[C@H](CN1CCOCC1=O)CN3C. The number of fused-ring (bicyclic) bond motifs is 2. The van der Waals surface area contributed by atoms with Gasteiger partial charge in [0.25, 0.3) is 5.91 Å². The average Bonchev–Trinajstić information content (AvgIpc) is 3.17. The Hall–Kier alpha value is -3.43. The van der Waals surface area contributed by atoms with Crippen LogP contribution in [0.4, 0.5) is 10.1 Å². The normalized spacial score (nSPS) is 20.6. The van der Waals surface area contributed by atoms with Gasteiger partial charge in [0.2, 0.25) is 5.91 Å². The molecule has 2 aromatic carbocycles. The van der Waals surface area contributed by atoms with Gasteiger partial charge in [-0.15, -0.1) is 0 Å². The highest BCUT2D eigenvalue weighted by atomic mass is 19.1. The Balaban J connectivity index is 1.54. The molecule has 5 rings (SSSR count). The van der Waals surface area contributed by atoms with Crippen LogP contribution in [-0.2, 0) is 14.3 Å². The number of hydrogen-bond donors (Lipinski definition) is 1. The first kappa shape index (κ1) is 23.3. The quantitative estimate of drug-likeness (QED) is 0.615. The molecule has 0 spiro atoms. The number of carbonyl (C=O) groups excluding carboxylic acids is 2. The zero-order chi connectivity index (χ0) is 24.7. The second kappa shape index (κ2) is 9.31. The van der Waals surface area contributed by atoms with E-state index in [9.17, 15) is 14.0 Å². The van der Waals surface area contributed by atoms with Crippen molar-refractivity contribution in [2.75, 3.05) is 51.8 Å². The number of ether oxygens (including phenoxy) is 2. The second-order valence-corrected chi connectivity index (χ2v) is 8.97. The van der Waals surface area contributed by atoms with Gasteiger partial charge in [-0.2, -0.15) is 0 Å². The summed E-state index contributed by atoms with van der Waals surface area (Å²) in [7, 11) is 3.54. The van der Waals surface area contributed by atoms with Crippen molar-refractivity contribution in [1.82, 2.24) is 10.2 Å². The molecule has 0 unspecified atom stereocenters. The van der Waals surface area contributed by atoms with Crippen LogP contribution in [0.2, 0.25) is 0 Å². The minimum atomic E-state index is -0.362. The van der Waals surface area contributed by atoms with Crippen LogP contribution in [0.25, 0.3) is 22.3 Å². The van der Waals surface area contributed by atoms with Gasteiger partial charge in [-0.05, 0) is 37.3 Å². The molecule has 0 bridgehead atoms. The molecule has 35 heavy (non-hydrogen) atoms. The van der Waals surface area contributed by atoms with Crippen LogP contribution in [-0.4, -0.2) is 69.8 Å². The van der Waals surface area contributed by atoms with Crippen LogP contribution in [0, 0.1) is 5.82 Å². The largest absolute Gasteiger partial charge is 0.455 e. The predicted molar refractivity (Wildman–Crippen MR) is 129 cm³/mol. The molecule has 1 fully saturated rings. The molecule has 0 saturated carbocycles. The summed E-state index contributed by atoms with van der Waals surface area (Å²) in [5.41, 5.74) is 3.43. The highest BCUT2D eigenvalue weighted by Gasteiger charge is 2.31. The monoisotopic (exact) mass is 481 g/mol. The molecule has 2 aliphatic heterocycles. The molecule has 8 nitrogen and oxygen atoms in total. The lowest BCUT2D eigenvalue weighted by Gasteiger charge is -2.31. The van der Waals surface area contributed by atoms with Crippen molar-refractivity contribution in [3.63, 3.8) is 0 Å². The second-order valence-electron chi connectivity index (χ2n) is 8.97. The number of likely N-dealkylation sites (N-methyl/N-ethyl adjacent to an activating group) is 1. The summed E-state index contributed by atoms with van der Waals surface area (Å²) in [5.74, 6) is -0.293. The van der Waals surface area contributed by atoms with Crippen molar-refractivity contribution in [2.45, 2.75) is 19.1 Å². The minimum Gasteiger partial charge on any atom is -0.455 e. The van der Waals surface area contributed by atoms with Crippen molar-refractivity contribution in [2.24, 2.45) is 0 Å². The summed E-state index contributed by atoms with van der Waals surface area (Å²) in [5, 5.41) is 3.35. The summed E-state index contributed by atoms with van der Waals surface area (Å²) in [6, 6.07) is 9.74. The molecule has 3 aromatic rings. The van der Waals surface area contributed by atoms with Gasteiger partial charge in [0.05, 0.1) is 24.4 Å². The third-order valence-electron chi connectivity index (χ3n) is 6.63. The molecule has 9 heteroatoms. The lowest BCUT2D eigenvalue weighted by molar-refractivity contribution is -0.145. The number of hydrogen-bond acceptors (Lipinski definition) is 6. The number of nitrogens with one attached hydrogen (secondary N) is 1. The Morgan fingerprint density at radius 2 is 2.00 bits per heavy atom. The van der Waals surface area contributed by atoms with E-state index in [1.54, 1.807) is 24.1 Å². The van der Waals surface area contributed by atoms with Gasteiger partial charge in [-0.3, -0.25) is 9.59 Å². The number of furan rings is 1. The number of anilines is 1. The summed E-state index contributed by atoms with van der Waals surface area (Å²) in [4.78, 5) is 29.0. The fraction of sp³-hybridized carbons (Fsp3) is 0.385. The molecule has 2 aliphatic rings. The number of halogens is 1. The molecule has 3 heterocycles. The summed E-state index contributed by atoms with van der Waals surface area (Å²) in [6.07, 6.45) is -0.467. The molecule has 2 atom stereocenters. The average molecular weight is 482 g/mol. The third kappa shape index (κ3) is 4.37. The zero-order valence-corrected chi connectivity index (χ0v) is 20.0. The molecule has 1 saturated heterocycles. The Morgan fingerprint density at radius 3 is 2.71 bits per heavy atom. The number of rotatable bonds is 4. The van der Waals surface area contributed by atoms with Gasteiger partial charge in [-0.25, -0.2) is 4.39 Å². The van der Waals surface area contributed by atoms with Crippen LogP contribution in [0.15, 0.2) is 40.8 Å². The Kier molecular flexibility index (Phi) is 6.21. The first-order valence-corrected chi connectivity index (χ1v) is 11.7. The van der Waals surface area contributed by atoms with E-state index in [4.69, 9.17) is 13.9 Å². The lowest BCUT2D eigenvalue weighted by atomic mass is 10.00. The molecule has 1 aromatic heterocycles. The van der Waals surface area contributed by atoms with Crippen LogP contribution in [0.3, 0.4) is 0 Å². The van der Waals surface area contributed by atoms with E-state index in [0.29, 0.717) is 54.1 Å². The fourth-order valence-corrected chi connectivity index (χ4v) is 4.86. The molecular formula is C26H28FN3O5. The number of nitrogens with zero attached hydrogens (tertiary/aromatic N) is 2. The Morgan fingerprint density at radius 1 is 1.23 bits per heavy atom. The predicted octanol–water partition coefficient (Wildman–Crippen LogP) is 3.35. The highest BCUT2D eigenvalue weighted by Crippen LogP contribution is 2.41. The molecule has 0 aliphatic carbocycles. The molecule has 2 amide bonds. The number of carbonyl (C=O) groups is 2. The van der Waals surface area contributed by atoms with Gasteiger partial charge < -0.3 is 29.0 Å². The van der Waals surface area contributed by atoms with Crippen molar-refractivity contribution in [1.29, 1.82) is 0 Å². The van der Waals surface area contributed by atoms with E-state index in [0.717, 1.165) is 11.3 Å². The van der Waals surface area contributed by atoms with E-state index in [-0.39, 0.29) is 36.4 Å². The molecule has 1 N–H and O–H groups in total. The molecule has 0 radical (unpaired) electrons. The van der Waals surface area contributed by atoms with Crippen molar-refractivity contribution >= 4 is 28.5 Å². The topological polar surface area (TPSA) is 84.2 Å². The zero-order valence-electron chi connectivity index (χ0n) is 20.0. The van der Waals surface area contributed by atoms with E-state index in [1.165, 1.54) is 12.1 Å². The van der Waals surface area contributed by atoms with E-state index in [1.807, 2.05) is 26.1 Å². The van der Waals surface area contributed by atoms with Crippen molar-refractivity contribution in [3.05, 3.63) is 53.3 Å². The van der Waals surface area contributed by atoms with Gasteiger partial charge in [0.1, 0.15) is 23.8 Å². The Labute approximate surface area is 202 Å². The number of benzene rings is 2. The lowest BCUT2D eigenvalue weighted by Crippen LogP contribution is -2.47. The van der Waals surface area contributed by atoms with Crippen molar-refractivity contribution in [3.8, 4) is 11.3 Å². The van der Waals surface area contributed by atoms with Crippen LogP contribution >= 0.6 is 0 Å². The molecule has 184 valence electrons. The van der Waals surface area contributed by atoms with Crippen LogP contribution in [0.5, 0.6) is 0 Å². The van der Waals surface area contributed by atoms with Gasteiger partial charge in [0.15, 0.2) is 0 Å². The number of morpholine rings is 1. The summed E-state index contributed by atoms with van der Waals surface area (Å²) >= 11 is 0. The Bertz CT molecular complexity index is 1270. The van der Waals surface area contributed by atoms with Crippen molar-refractivity contribution < 1.29 is 27.9 Å². The van der Waals surface area contributed by atoms with Crippen LogP contribution < -0.4 is 10.2 Å². The van der Waals surface area contributed by atoms with E-state index in [2.05, 4.69) is 10.2 Å². The maximum absolute atomic E-state index is 13.5. The third-order valence-corrected chi connectivity index (χ3v) is 6.63. The van der Waals surface area contributed by atoms with Crippen LogP contribution in [0.1, 0.15) is 28.9 Å². The summed E-state index contributed by atoms with van der Waals surface area (Å²) < 4.78 is 31.3.